The Labute approximate surface area is 181 Å². The molecule has 5 rings (SSSR count). The first-order chi connectivity index (χ1) is 16.2. The van der Waals surface area contributed by atoms with Crippen molar-refractivity contribution < 1.29 is 14.5 Å². The molecule has 5 aromatic rings. The summed E-state index contributed by atoms with van der Waals surface area (Å²) in [5.74, 6) is 0. The number of hydrogen-bond donors (Lipinski definition) is 0. The monoisotopic (exact) mass is 393 g/mol. The molecule has 0 aliphatic rings. The Bertz CT molecular complexity index is 1630. The lowest BCUT2D eigenvalue weighted by Crippen LogP contribution is -2.31. The van der Waals surface area contributed by atoms with Crippen LogP contribution in [0.1, 0.15) is 22.2 Å². The van der Waals surface area contributed by atoms with Gasteiger partial charge in [-0.05, 0) is 43.1 Å². The van der Waals surface area contributed by atoms with Gasteiger partial charge in [0.2, 0.25) is 5.69 Å². The number of rotatable bonds is 2. The number of hydrogen-bond acceptors (Lipinski definition) is 2. The molecule has 3 heteroatoms. The topological polar surface area (TPSA) is 40.8 Å². The first kappa shape index (κ1) is 14.1. The summed E-state index contributed by atoms with van der Waals surface area (Å²) in [5, 5.41) is 11.6. The fraction of sp³-hybridized carbons (Fsp3) is 0.111. The zero-order valence-electron chi connectivity index (χ0n) is 20.7. The van der Waals surface area contributed by atoms with E-state index in [0.717, 1.165) is 33.0 Å². The Morgan fingerprint density at radius 3 is 2.40 bits per heavy atom. The SMILES string of the molecule is [2H]c1c(C([2H])([2H])[2H])ccc(-c2c(C)ccc3c2oc2c(-c4ccccc4)c(C#N)ccc23)[n+]1C. The van der Waals surface area contributed by atoms with Gasteiger partial charge in [-0.15, -0.1) is 0 Å². The van der Waals surface area contributed by atoms with Crippen molar-refractivity contribution in [2.45, 2.75) is 13.8 Å². The highest BCUT2D eigenvalue weighted by atomic mass is 16.3. The fourth-order valence-corrected chi connectivity index (χ4v) is 4.11. The summed E-state index contributed by atoms with van der Waals surface area (Å²) in [6.45, 7) is -0.409. The summed E-state index contributed by atoms with van der Waals surface area (Å²) in [5.41, 5.74) is 5.83. The Morgan fingerprint density at radius 1 is 0.933 bits per heavy atom. The zero-order chi connectivity index (χ0) is 24.2. The van der Waals surface area contributed by atoms with E-state index >= 15 is 0 Å². The Balaban J connectivity index is 1.87. The van der Waals surface area contributed by atoms with Gasteiger partial charge in [-0.2, -0.15) is 5.26 Å². The van der Waals surface area contributed by atoms with Crippen molar-refractivity contribution in [3.05, 3.63) is 89.6 Å². The number of fused-ring (bicyclic) bond motifs is 3. The van der Waals surface area contributed by atoms with Crippen LogP contribution < -0.4 is 4.57 Å². The van der Waals surface area contributed by atoms with Crippen LogP contribution in [0.15, 0.2) is 77.3 Å². The lowest BCUT2D eigenvalue weighted by molar-refractivity contribution is -0.660. The number of furan rings is 1. The molecule has 0 aliphatic heterocycles. The van der Waals surface area contributed by atoms with Crippen molar-refractivity contribution in [3.8, 4) is 28.5 Å². The molecule has 0 saturated heterocycles. The van der Waals surface area contributed by atoms with Gasteiger partial charge in [0.25, 0.3) is 0 Å². The van der Waals surface area contributed by atoms with E-state index in [0.29, 0.717) is 22.4 Å². The maximum Gasteiger partial charge on any atom is 0.216 e. The highest BCUT2D eigenvalue weighted by Gasteiger charge is 2.22. The third kappa shape index (κ3) is 2.69. The molecule has 0 bridgehead atoms. The second-order valence-electron chi connectivity index (χ2n) is 7.38. The molecule has 2 aromatic heterocycles. The Kier molecular flexibility index (Phi) is 3.23. The summed E-state index contributed by atoms with van der Waals surface area (Å²) < 4.78 is 39.7. The highest BCUT2D eigenvalue weighted by molar-refractivity contribution is 6.13. The average Bonchev–Trinajstić information content (AvgIpc) is 3.18. The van der Waals surface area contributed by atoms with Crippen LogP contribution in [0, 0.1) is 25.1 Å². The van der Waals surface area contributed by atoms with E-state index in [9.17, 15) is 5.26 Å². The molecule has 0 saturated carbocycles. The molecular formula is C27H21N2O+. The maximum atomic E-state index is 9.79. The van der Waals surface area contributed by atoms with Crippen molar-refractivity contribution in [2.75, 3.05) is 0 Å². The molecule has 0 spiro atoms. The predicted octanol–water partition coefficient (Wildman–Crippen LogP) is 6.23. The van der Waals surface area contributed by atoms with Gasteiger partial charge in [-0.1, -0.05) is 42.5 Å². The molecule has 3 nitrogen and oxygen atoms in total. The molecule has 30 heavy (non-hydrogen) atoms. The Hall–Kier alpha value is -3.90. The number of aryl methyl sites for hydroxylation is 2. The van der Waals surface area contributed by atoms with Gasteiger partial charge in [0.05, 0.1) is 17.2 Å². The third-order valence-corrected chi connectivity index (χ3v) is 5.51. The summed E-state index contributed by atoms with van der Waals surface area (Å²) in [7, 11) is 1.69. The van der Waals surface area contributed by atoms with Crippen LogP contribution >= 0.6 is 0 Å². The molecule has 144 valence electrons. The van der Waals surface area contributed by atoms with Crippen LogP contribution in [0.3, 0.4) is 0 Å². The Morgan fingerprint density at radius 2 is 1.67 bits per heavy atom. The van der Waals surface area contributed by atoms with E-state index in [-0.39, 0.29) is 11.7 Å². The van der Waals surface area contributed by atoms with E-state index in [2.05, 4.69) is 6.07 Å². The van der Waals surface area contributed by atoms with Crippen molar-refractivity contribution in [1.29, 1.82) is 5.26 Å². The van der Waals surface area contributed by atoms with Crippen LogP contribution in [0.5, 0.6) is 0 Å². The lowest BCUT2D eigenvalue weighted by Gasteiger charge is -2.06. The first-order valence-corrected chi connectivity index (χ1v) is 9.67. The van der Waals surface area contributed by atoms with Crippen LogP contribution in [0.2, 0.25) is 0 Å². The first-order valence-electron chi connectivity index (χ1n) is 11.7. The van der Waals surface area contributed by atoms with Gasteiger partial charge in [-0.3, -0.25) is 0 Å². The molecule has 0 amide bonds. The second-order valence-corrected chi connectivity index (χ2v) is 7.38. The number of nitriles is 1. The summed E-state index contributed by atoms with van der Waals surface area (Å²) >= 11 is 0. The van der Waals surface area contributed by atoms with Gasteiger partial charge >= 0.3 is 0 Å². The minimum atomic E-state index is -2.37. The van der Waals surface area contributed by atoms with Crippen LogP contribution in [-0.2, 0) is 7.05 Å². The van der Waals surface area contributed by atoms with Crippen LogP contribution in [-0.4, -0.2) is 0 Å². The molecule has 0 atom stereocenters. The predicted molar refractivity (Wildman–Crippen MR) is 120 cm³/mol. The molecular weight excluding hydrogens is 368 g/mol. The second kappa shape index (κ2) is 6.86. The number of nitrogens with zero attached hydrogens (tertiary/aromatic N) is 2. The molecule has 0 N–H and O–H groups in total. The molecule has 0 fully saturated rings. The fourth-order valence-electron chi connectivity index (χ4n) is 4.11. The molecule has 0 unspecified atom stereocenters. The zero-order valence-corrected chi connectivity index (χ0v) is 16.7. The van der Waals surface area contributed by atoms with Gasteiger partial charge in [0.15, 0.2) is 6.17 Å². The van der Waals surface area contributed by atoms with E-state index in [1.54, 1.807) is 17.7 Å². The van der Waals surface area contributed by atoms with Gasteiger partial charge in [0, 0.05) is 32.1 Å². The van der Waals surface area contributed by atoms with E-state index < -0.39 is 6.85 Å². The van der Waals surface area contributed by atoms with Gasteiger partial charge < -0.3 is 4.42 Å². The molecule has 2 heterocycles. The van der Waals surface area contributed by atoms with Crippen molar-refractivity contribution >= 4 is 21.9 Å². The number of pyridine rings is 1. The van der Waals surface area contributed by atoms with Crippen LogP contribution in [0.25, 0.3) is 44.3 Å². The van der Waals surface area contributed by atoms with Crippen molar-refractivity contribution in [3.63, 3.8) is 0 Å². The van der Waals surface area contributed by atoms with Crippen molar-refractivity contribution in [2.24, 2.45) is 7.05 Å². The van der Waals surface area contributed by atoms with E-state index in [4.69, 9.17) is 9.90 Å². The third-order valence-electron chi connectivity index (χ3n) is 5.51. The summed E-state index contributed by atoms with van der Waals surface area (Å²) in [6, 6.07) is 22.9. The summed E-state index contributed by atoms with van der Waals surface area (Å²) in [6.07, 6.45) is -0.0678. The van der Waals surface area contributed by atoms with Crippen LogP contribution in [0.4, 0.5) is 0 Å². The largest absolute Gasteiger partial charge is 0.454 e. The highest BCUT2D eigenvalue weighted by Crippen LogP contribution is 2.41. The van der Waals surface area contributed by atoms with Gasteiger partial charge in [0.1, 0.15) is 19.6 Å². The normalized spacial score (nSPS) is 13.5. The molecule has 3 aromatic carbocycles. The van der Waals surface area contributed by atoms with Crippen molar-refractivity contribution in [1.82, 2.24) is 0 Å². The van der Waals surface area contributed by atoms with E-state index in [1.807, 2.05) is 61.5 Å². The van der Waals surface area contributed by atoms with Gasteiger partial charge in [-0.25, -0.2) is 4.57 Å². The minimum absolute atomic E-state index is 0.00166. The molecule has 0 aliphatic carbocycles. The lowest BCUT2D eigenvalue weighted by atomic mass is 9.96. The quantitative estimate of drug-likeness (QED) is 0.333. The summed E-state index contributed by atoms with van der Waals surface area (Å²) in [4.78, 5) is 0. The standard InChI is InChI=1S/C27H21N2O/c1-17-9-14-23(29(3)16-17)24-18(2)10-12-21-22-13-11-20(15-28)25(27(22)30-26(21)24)19-7-5-4-6-8-19/h4-14,16H,1-3H3/q+1/i1D3,16D. The average molecular weight is 394 g/mol. The maximum absolute atomic E-state index is 9.79. The number of benzene rings is 3. The number of aromatic nitrogens is 1. The molecule has 0 radical (unpaired) electrons. The minimum Gasteiger partial charge on any atom is -0.454 e. The van der Waals surface area contributed by atoms with E-state index in [1.165, 1.54) is 6.07 Å². The smallest absolute Gasteiger partial charge is 0.216 e.